The van der Waals surface area contributed by atoms with E-state index in [9.17, 15) is 9.90 Å². The number of hydrogen-bond acceptors (Lipinski definition) is 3. The van der Waals surface area contributed by atoms with Crippen molar-refractivity contribution in [2.45, 2.75) is 12.8 Å². The highest BCUT2D eigenvalue weighted by Crippen LogP contribution is 2.31. The van der Waals surface area contributed by atoms with Crippen LogP contribution in [0.2, 0.25) is 0 Å². The highest BCUT2D eigenvalue weighted by molar-refractivity contribution is 5.89. The number of amides is 2. The van der Waals surface area contributed by atoms with Crippen molar-refractivity contribution in [3.63, 3.8) is 0 Å². The number of carbonyl (C=O) groups excluding carboxylic acids is 1. The zero-order chi connectivity index (χ0) is 16.8. The molecule has 0 spiro atoms. The van der Waals surface area contributed by atoms with E-state index in [1.54, 1.807) is 0 Å². The highest BCUT2D eigenvalue weighted by Gasteiger charge is 2.34. The zero-order valence-electron chi connectivity index (χ0n) is 13.6. The molecule has 1 aliphatic heterocycles. The fourth-order valence-electron chi connectivity index (χ4n) is 3.01. The molecule has 1 saturated heterocycles. The molecule has 0 aliphatic carbocycles. The smallest absolute Gasteiger partial charge is 0.319 e. The second-order valence-corrected chi connectivity index (χ2v) is 6.22. The second kappa shape index (κ2) is 7.51. The van der Waals surface area contributed by atoms with Gasteiger partial charge in [-0.15, -0.1) is 0 Å². The van der Waals surface area contributed by atoms with Gasteiger partial charge in [0.2, 0.25) is 0 Å². The number of aromatic nitrogens is 1. The average molecular weight is 329 g/mol. The Balaban J connectivity index is 1.58. The van der Waals surface area contributed by atoms with Gasteiger partial charge in [0.1, 0.15) is 0 Å². The number of aliphatic hydroxyl groups excluding tert-OH is 1. The highest BCUT2D eigenvalue weighted by atomic mass is 16.5. The van der Waals surface area contributed by atoms with E-state index in [0.717, 1.165) is 17.8 Å². The van der Waals surface area contributed by atoms with Crippen LogP contribution in [0.3, 0.4) is 0 Å². The number of rotatable bonds is 6. The number of carbonyl (C=O) groups is 1. The van der Waals surface area contributed by atoms with Gasteiger partial charge in [-0.2, -0.15) is 0 Å². The van der Waals surface area contributed by atoms with Gasteiger partial charge >= 0.3 is 6.03 Å². The Kier molecular flexibility index (Phi) is 5.17. The molecule has 2 heterocycles. The average Bonchev–Trinajstić information content (AvgIpc) is 3.26. The van der Waals surface area contributed by atoms with Crippen LogP contribution in [0.25, 0.3) is 5.69 Å². The van der Waals surface area contributed by atoms with Crippen molar-refractivity contribution in [2.24, 2.45) is 5.41 Å². The molecule has 0 radical (unpaired) electrons. The van der Waals surface area contributed by atoms with Gasteiger partial charge in [0, 0.05) is 48.9 Å². The van der Waals surface area contributed by atoms with Crippen LogP contribution >= 0.6 is 0 Å². The van der Waals surface area contributed by atoms with E-state index in [0.29, 0.717) is 26.2 Å². The SMILES string of the molecule is O=C(NCC1(CCO)CCOC1)Nc1cccc(-n2cccc2)c1. The molecule has 1 atom stereocenters. The monoisotopic (exact) mass is 329 g/mol. The number of aliphatic hydroxyl groups is 1. The van der Waals surface area contributed by atoms with Gasteiger partial charge in [0.25, 0.3) is 0 Å². The van der Waals surface area contributed by atoms with E-state index < -0.39 is 0 Å². The van der Waals surface area contributed by atoms with E-state index in [-0.39, 0.29) is 18.1 Å². The van der Waals surface area contributed by atoms with Crippen LogP contribution in [0.5, 0.6) is 0 Å². The molecule has 1 aliphatic rings. The molecule has 6 nitrogen and oxygen atoms in total. The third-order valence-corrected chi connectivity index (χ3v) is 4.46. The summed E-state index contributed by atoms with van der Waals surface area (Å²) < 4.78 is 7.42. The predicted molar refractivity (Wildman–Crippen MR) is 92.4 cm³/mol. The lowest BCUT2D eigenvalue weighted by atomic mass is 9.84. The minimum Gasteiger partial charge on any atom is -0.396 e. The third-order valence-electron chi connectivity index (χ3n) is 4.46. The fraction of sp³-hybridized carbons (Fsp3) is 0.389. The van der Waals surface area contributed by atoms with Crippen LogP contribution in [0, 0.1) is 5.41 Å². The number of nitrogens with one attached hydrogen (secondary N) is 2. The predicted octanol–water partition coefficient (Wildman–Crippen LogP) is 2.39. The van der Waals surface area contributed by atoms with Gasteiger partial charge in [0.05, 0.1) is 6.61 Å². The van der Waals surface area contributed by atoms with Crippen molar-refractivity contribution in [3.05, 3.63) is 48.8 Å². The molecule has 1 aromatic heterocycles. The first kappa shape index (κ1) is 16.5. The van der Waals surface area contributed by atoms with Crippen molar-refractivity contribution in [2.75, 3.05) is 31.7 Å². The number of ether oxygens (including phenoxy) is 1. The fourth-order valence-corrected chi connectivity index (χ4v) is 3.01. The van der Waals surface area contributed by atoms with Gasteiger partial charge in [0.15, 0.2) is 0 Å². The van der Waals surface area contributed by atoms with Crippen molar-refractivity contribution >= 4 is 11.7 Å². The largest absolute Gasteiger partial charge is 0.396 e. The molecule has 1 aromatic carbocycles. The van der Waals surface area contributed by atoms with E-state index in [1.807, 2.05) is 53.4 Å². The molecule has 2 amide bonds. The topological polar surface area (TPSA) is 75.5 Å². The minimum atomic E-state index is -0.246. The Morgan fingerprint density at radius 1 is 1.29 bits per heavy atom. The van der Waals surface area contributed by atoms with Crippen molar-refractivity contribution in [3.8, 4) is 5.69 Å². The minimum absolute atomic E-state index is 0.103. The Hall–Kier alpha value is -2.31. The molecule has 128 valence electrons. The molecular formula is C18H23N3O3. The Labute approximate surface area is 141 Å². The van der Waals surface area contributed by atoms with E-state index in [2.05, 4.69) is 10.6 Å². The van der Waals surface area contributed by atoms with Gasteiger partial charge in [-0.25, -0.2) is 4.79 Å². The van der Waals surface area contributed by atoms with Crippen molar-refractivity contribution in [1.82, 2.24) is 9.88 Å². The summed E-state index contributed by atoms with van der Waals surface area (Å²) in [4.78, 5) is 12.2. The number of nitrogens with zero attached hydrogens (tertiary/aromatic N) is 1. The summed E-state index contributed by atoms with van der Waals surface area (Å²) in [6, 6.07) is 11.3. The molecular weight excluding hydrogens is 306 g/mol. The first-order valence-electron chi connectivity index (χ1n) is 8.18. The lowest BCUT2D eigenvalue weighted by molar-refractivity contribution is 0.126. The van der Waals surface area contributed by atoms with Gasteiger partial charge in [-0.1, -0.05) is 6.07 Å². The van der Waals surface area contributed by atoms with Crippen LogP contribution in [0.4, 0.5) is 10.5 Å². The number of hydrogen-bond donors (Lipinski definition) is 3. The quantitative estimate of drug-likeness (QED) is 0.762. The Morgan fingerprint density at radius 3 is 2.83 bits per heavy atom. The van der Waals surface area contributed by atoms with Gasteiger partial charge in [-0.3, -0.25) is 0 Å². The van der Waals surface area contributed by atoms with Crippen molar-refractivity contribution < 1.29 is 14.6 Å². The van der Waals surface area contributed by atoms with E-state index >= 15 is 0 Å². The summed E-state index contributed by atoms with van der Waals surface area (Å²) in [6.07, 6.45) is 5.41. The molecule has 6 heteroatoms. The van der Waals surface area contributed by atoms with Crippen LogP contribution in [-0.4, -0.2) is 42.1 Å². The molecule has 3 rings (SSSR count). The first-order chi connectivity index (χ1) is 11.7. The summed E-state index contributed by atoms with van der Waals surface area (Å²) in [5.74, 6) is 0. The molecule has 0 saturated carbocycles. The van der Waals surface area contributed by atoms with Crippen LogP contribution in [-0.2, 0) is 4.74 Å². The summed E-state index contributed by atoms with van der Waals surface area (Å²) >= 11 is 0. The Morgan fingerprint density at radius 2 is 2.12 bits per heavy atom. The molecule has 1 fully saturated rings. The van der Waals surface area contributed by atoms with Crippen LogP contribution in [0.15, 0.2) is 48.8 Å². The standard InChI is InChI=1S/C18H23N3O3/c22-10-6-18(7-11-24-14-18)13-19-17(23)20-15-4-3-5-16(12-15)21-8-1-2-9-21/h1-5,8-9,12,22H,6-7,10-11,13-14H2,(H2,19,20,23). The first-order valence-corrected chi connectivity index (χ1v) is 8.18. The molecule has 1 unspecified atom stereocenters. The van der Waals surface area contributed by atoms with E-state index in [1.165, 1.54) is 0 Å². The van der Waals surface area contributed by atoms with Gasteiger partial charge < -0.3 is 25.0 Å². The summed E-state index contributed by atoms with van der Waals surface area (Å²) in [5.41, 5.74) is 1.57. The normalized spacial score (nSPS) is 20.0. The van der Waals surface area contributed by atoms with Crippen LogP contribution in [0.1, 0.15) is 12.8 Å². The number of benzene rings is 1. The molecule has 0 bridgehead atoms. The Bertz CT molecular complexity index is 664. The van der Waals surface area contributed by atoms with Gasteiger partial charge in [-0.05, 0) is 43.2 Å². The lowest BCUT2D eigenvalue weighted by Gasteiger charge is -2.26. The maximum absolute atomic E-state index is 12.2. The maximum atomic E-state index is 12.2. The summed E-state index contributed by atoms with van der Waals surface area (Å²) in [7, 11) is 0. The van der Waals surface area contributed by atoms with Crippen molar-refractivity contribution in [1.29, 1.82) is 0 Å². The second-order valence-electron chi connectivity index (χ2n) is 6.22. The molecule has 3 N–H and O–H groups in total. The van der Waals surface area contributed by atoms with E-state index in [4.69, 9.17) is 4.74 Å². The number of anilines is 1. The molecule has 2 aromatic rings. The third kappa shape index (κ3) is 3.96. The number of urea groups is 1. The summed E-state index contributed by atoms with van der Waals surface area (Å²) in [5, 5.41) is 15.0. The zero-order valence-corrected chi connectivity index (χ0v) is 13.6. The maximum Gasteiger partial charge on any atom is 0.319 e. The molecule has 24 heavy (non-hydrogen) atoms. The lowest BCUT2D eigenvalue weighted by Crippen LogP contribution is -2.40. The van der Waals surface area contributed by atoms with Crippen LogP contribution < -0.4 is 10.6 Å². The summed E-state index contributed by atoms with van der Waals surface area (Å²) in [6.45, 7) is 1.86.